The molecule has 0 fully saturated rings. The fraction of sp³-hybridized carbons (Fsp3) is 0.235. The molecule has 22 heavy (non-hydrogen) atoms. The van der Waals surface area contributed by atoms with Crippen LogP contribution in [0.5, 0.6) is 0 Å². The standard InChI is InChI=1S/C17H17ClN2OS/c18-14-5-3-4-13(10-14)11-19-17(21)12-20-8-9-22-16-7-2-1-6-15(16)20/h1-7,10H,8-9,11-12H2,(H,19,21). The fourth-order valence-corrected chi connectivity index (χ4v) is 3.73. The SMILES string of the molecule is O=C(CN1CCSc2ccccc21)NCc1cccc(Cl)c1. The number of nitrogens with one attached hydrogen (secondary N) is 1. The third-order valence-electron chi connectivity index (χ3n) is 3.54. The predicted octanol–water partition coefficient (Wildman–Crippen LogP) is 3.57. The minimum absolute atomic E-state index is 0.0293. The lowest BCUT2D eigenvalue weighted by atomic mass is 10.2. The van der Waals surface area contributed by atoms with E-state index in [1.165, 1.54) is 4.90 Å². The van der Waals surface area contributed by atoms with Crippen LogP contribution in [0.15, 0.2) is 53.4 Å². The number of carbonyl (C=O) groups is 1. The number of carbonyl (C=O) groups excluding carboxylic acids is 1. The average molecular weight is 333 g/mol. The minimum Gasteiger partial charge on any atom is -0.360 e. The molecule has 5 heteroatoms. The van der Waals surface area contributed by atoms with Gasteiger partial charge in [-0.05, 0) is 29.8 Å². The van der Waals surface area contributed by atoms with Crippen LogP contribution in [0.2, 0.25) is 5.02 Å². The second kappa shape index (κ2) is 7.07. The summed E-state index contributed by atoms with van der Waals surface area (Å²) in [6, 6.07) is 15.8. The summed E-state index contributed by atoms with van der Waals surface area (Å²) in [6.45, 7) is 1.79. The number of halogens is 1. The fourth-order valence-electron chi connectivity index (χ4n) is 2.47. The largest absolute Gasteiger partial charge is 0.360 e. The Kier molecular flexibility index (Phi) is 4.90. The quantitative estimate of drug-likeness (QED) is 0.929. The second-order valence-corrected chi connectivity index (χ2v) is 6.72. The van der Waals surface area contributed by atoms with Crippen molar-refractivity contribution in [2.45, 2.75) is 11.4 Å². The number of para-hydroxylation sites is 1. The highest BCUT2D eigenvalue weighted by Gasteiger charge is 2.18. The topological polar surface area (TPSA) is 32.3 Å². The monoisotopic (exact) mass is 332 g/mol. The molecule has 0 atom stereocenters. The van der Waals surface area contributed by atoms with E-state index in [4.69, 9.17) is 11.6 Å². The van der Waals surface area contributed by atoms with Crippen molar-refractivity contribution in [1.82, 2.24) is 5.32 Å². The highest BCUT2D eigenvalue weighted by Crippen LogP contribution is 2.33. The van der Waals surface area contributed by atoms with Crippen molar-refractivity contribution in [3.05, 3.63) is 59.1 Å². The molecular formula is C17H17ClN2OS. The van der Waals surface area contributed by atoms with Crippen LogP contribution < -0.4 is 10.2 Å². The van der Waals surface area contributed by atoms with Crippen LogP contribution in [0.4, 0.5) is 5.69 Å². The first kappa shape index (κ1) is 15.3. The molecule has 1 heterocycles. The van der Waals surface area contributed by atoms with Gasteiger partial charge < -0.3 is 10.2 Å². The first-order chi connectivity index (χ1) is 10.7. The molecule has 0 unspecified atom stereocenters. The lowest BCUT2D eigenvalue weighted by molar-refractivity contribution is -0.119. The van der Waals surface area contributed by atoms with Crippen molar-refractivity contribution in [2.75, 3.05) is 23.7 Å². The molecular weight excluding hydrogens is 316 g/mol. The summed E-state index contributed by atoms with van der Waals surface area (Å²) in [5.74, 6) is 1.04. The van der Waals surface area contributed by atoms with E-state index < -0.39 is 0 Å². The van der Waals surface area contributed by atoms with Gasteiger partial charge in [0.05, 0.1) is 12.2 Å². The van der Waals surface area contributed by atoms with E-state index in [1.807, 2.05) is 48.2 Å². The van der Waals surface area contributed by atoms with Crippen LogP contribution in [0.25, 0.3) is 0 Å². The van der Waals surface area contributed by atoms with Gasteiger partial charge in [0.2, 0.25) is 5.91 Å². The molecule has 0 aromatic heterocycles. The number of fused-ring (bicyclic) bond motifs is 1. The number of benzene rings is 2. The molecule has 0 saturated carbocycles. The van der Waals surface area contributed by atoms with Crippen LogP contribution in [0.3, 0.4) is 0 Å². The Morgan fingerprint density at radius 1 is 1.23 bits per heavy atom. The van der Waals surface area contributed by atoms with Crippen molar-refractivity contribution in [2.24, 2.45) is 0 Å². The Balaban J connectivity index is 1.59. The van der Waals surface area contributed by atoms with E-state index in [-0.39, 0.29) is 5.91 Å². The Hall–Kier alpha value is -1.65. The zero-order valence-corrected chi connectivity index (χ0v) is 13.7. The molecule has 1 aliphatic heterocycles. The van der Waals surface area contributed by atoms with E-state index in [0.717, 1.165) is 23.5 Å². The third-order valence-corrected chi connectivity index (χ3v) is 4.82. The third kappa shape index (κ3) is 3.76. The van der Waals surface area contributed by atoms with Gasteiger partial charge in [0, 0.05) is 28.8 Å². The van der Waals surface area contributed by atoms with Gasteiger partial charge in [0.25, 0.3) is 0 Å². The molecule has 0 spiro atoms. The van der Waals surface area contributed by atoms with Crippen molar-refractivity contribution >= 4 is 35.0 Å². The van der Waals surface area contributed by atoms with Gasteiger partial charge >= 0.3 is 0 Å². The van der Waals surface area contributed by atoms with E-state index in [9.17, 15) is 4.79 Å². The number of thioether (sulfide) groups is 1. The summed E-state index contributed by atoms with van der Waals surface area (Å²) in [5.41, 5.74) is 2.16. The van der Waals surface area contributed by atoms with Crippen LogP contribution in [0, 0.1) is 0 Å². The number of amides is 1. The minimum atomic E-state index is 0.0293. The Labute approximate surface area is 139 Å². The summed E-state index contributed by atoms with van der Waals surface area (Å²) in [4.78, 5) is 15.6. The van der Waals surface area contributed by atoms with Crippen LogP contribution in [0.1, 0.15) is 5.56 Å². The van der Waals surface area contributed by atoms with Crippen LogP contribution in [-0.4, -0.2) is 24.7 Å². The molecule has 3 rings (SSSR count). The normalized spacial score (nSPS) is 13.6. The summed E-state index contributed by atoms with van der Waals surface area (Å²) >= 11 is 7.79. The summed E-state index contributed by atoms with van der Waals surface area (Å²) in [6.07, 6.45) is 0. The first-order valence-electron chi connectivity index (χ1n) is 7.20. The van der Waals surface area contributed by atoms with Crippen LogP contribution in [-0.2, 0) is 11.3 Å². The molecule has 3 nitrogen and oxygen atoms in total. The molecule has 2 aromatic rings. The van der Waals surface area contributed by atoms with Crippen molar-refractivity contribution in [1.29, 1.82) is 0 Å². The molecule has 1 N–H and O–H groups in total. The van der Waals surface area contributed by atoms with Crippen molar-refractivity contribution in [3.8, 4) is 0 Å². The van der Waals surface area contributed by atoms with Gasteiger partial charge in [-0.1, -0.05) is 35.9 Å². The van der Waals surface area contributed by atoms with Gasteiger partial charge in [0.1, 0.15) is 0 Å². The van der Waals surface area contributed by atoms with Crippen LogP contribution >= 0.6 is 23.4 Å². The molecule has 114 valence electrons. The van der Waals surface area contributed by atoms with Gasteiger partial charge in [0.15, 0.2) is 0 Å². The second-order valence-electron chi connectivity index (χ2n) is 5.14. The van der Waals surface area contributed by atoms with Crippen molar-refractivity contribution < 1.29 is 4.79 Å². The number of anilines is 1. The average Bonchev–Trinajstić information content (AvgIpc) is 2.53. The van der Waals surface area contributed by atoms with E-state index >= 15 is 0 Å². The Bertz CT molecular complexity index is 677. The molecule has 0 aliphatic carbocycles. The number of nitrogens with zero attached hydrogens (tertiary/aromatic N) is 1. The van der Waals surface area contributed by atoms with Gasteiger partial charge in [-0.15, -0.1) is 11.8 Å². The van der Waals surface area contributed by atoms with E-state index in [2.05, 4.69) is 22.3 Å². The zero-order chi connectivity index (χ0) is 15.4. The smallest absolute Gasteiger partial charge is 0.239 e. The number of rotatable bonds is 4. The molecule has 0 saturated heterocycles. The molecule has 2 aromatic carbocycles. The number of hydrogen-bond acceptors (Lipinski definition) is 3. The summed E-state index contributed by atoms with van der Waals surface area (Å²) < 4.78 is 0. The van der Waals surface area contributed by atoms with Gasteiger partial charge in [-0.3, -0.25) is 4.79 Å². The lowest BCUT2D eigenvalue weighted by Crippen LogP contribution is -2.39. The molecule has 0 bridgehead atoms. The first-order valence-corrected chi connectivity index (χ1v) is 8.56. The maximum Gasteiger partial charge on any atom is 0.239 e. The molecule has 1 amide bonds. The highest BCUT2D eigenvalue weighted by atomic mass is 35.5. The number of hydrogen-bond donors (Lipinski definition) is 1. The summed E-state index contributed by atoms with van der Waals surface area (Å²) in [5, 5.41) is 3.65. The van der Waals surface area contributed by atoms with Gasteiger partial charge in [-0.25, -0.2) is 0 Å². The Morgan fingerprint density at radius 3 is 2.95 bits per heavy atom. The maximum atomic E-state index is 12.2. The predicted molar refractivity (Wildman–Crippen MR) is 92.7 cm³/mol. The van der Waals surface area contributed by atoms with Crippen molar-refractivity contribution in [3.63, 3.8) is 0 Å². The maximum absolute atomic E-state index is 12.2. The van der Waals surface area contributed by atoms with Gasteiger partial charge in [-0.2, -0.15) is 0 Å². The summed E-state index contributed by atoms with van der Waals surface area (Å²) in [7, 11) is 0. The zero-order valence-electron chi connectivity index (χ0n) is 12.1. The molecule has 0 radical (unpaired) electrons. The van der Waals surface area contributed by atoms with E-state index in [0.29, 0.717) is 18.1 Å². The highest BCUT2D eigenvalue weighted by molar-refractivity contribution is 7.99. The molecule has 1 aliphatic rings. The van der Waals surface area contributed by atoms with E-state index in [1.54, 1.807) is 0 Å². The lowest BCUT2D eigenvalue weighted by Gasteiger charge is -2.30. The Morgan fingerprint density at radius 2 is 2.09 bits per heavy atom.